The lowest BCUT2D eigenvalue weighted by Gasteiger charge is -2.25. The van der Waals surface area contributed by atoms with Crippen molar-refractivity contribution in [3.8, 4) is 0 Å². The van der Waals surface area contributed by atoms with Gasteiger partial charge >= 0.3 is 0 Å². The summed E-state index contributed by atoms with van der Waals surface area (Å²) in [6.45, 7) is 15.4. The summed E-state index contributed by atoms with van der Waals surface area (Å²) in [5, 5.41) is 0. The molecule has 0 aromatic rings. The summed E-state index contributed by atoms with van der Waals surface area (Å²) in [5.74, 6) is 0.848. The molecule has 78 valence electrons. The van der Waals surface area contributed by atoms with E-state index in [0.717, 1.165) is 5.92 Å². The topological polar surface area (TPSA) is 0 Å². The normalized spacial score (nSPS) is 12.2. The lowest BCUT2D eigenvalue weighted by Crippen LogP contribution is -2.11. The van der Waals surface area contributed by atoms with E-state index >= 15 is 0 Å². The SMILES string of the molecule is C=C(C)CC(C)(C)CCCC(C)C. The average Bonchev–Trinajstić information content (AvgIpc) is 1.81. The zero-order valence-corrected chi connectivity index (χ0v) is 10.1. The highest BCUT2D eigenvalue weighted by Crippen LogP contribution is 2.30. The van der Waals surface area contributed by atoms with Crippen LogP contribution in [0.2, 0.25) is 0 Å². The van der Waals surface area contributed by atoms with Gasteiger partial charge < -0.3 is 0 Å². The van der Waals surface area contributed by atoms with Gasteiger partial charge in [0.15, 0.2) is 0 Å². The minimum atomic E-state index is 0.459. The van der Waals surface area contributed by atoms with Crippen LogP contribution in [0, 0.1) is 11.3 Å². The highest BCUT2D eigenvalue weighted by atomic mass is 14.2. The predicted molar refractivity (Wildman–Crippen MR) is 61.9 cm³/mol. The third-order valence-corrected chi connectivity index (χ3v) is 2.42. The van der Waals surface area contributed by atoms with Gasteiger partial charge in [0.25, 0.3) is 0 Å². The molecule has 0 aliphatic rings. The second-order valence-electron chi connectivity index (χ2n) is 5.58. The second-order valence-corrected chi connectivity index (χ2v) is 5.58. The zero-order valence-electron chi connectivity index (χ0n) is 10.1. The van der Waals surface area contributed by atoms with E-state index < -0.39 is 0 Å². The molecule has 0 unspecified atom stereocenters. The van der Waals surface area contributed by atoms with Gasteiger partial charge in [0, 0.05) is 0 Å². The Morgan fingerprint density at radius 1 is 1.31 bits per heavy atom. The second kappa shape index (κ2) is 5.47. The molecule has 0 saturated carbocycles. The van der Waals surface area contributed by atoms with E-state index in [9.17, 15) is 0 Å². The van der Waals surface area contributed by atoms with Crippen LogP contribution < -0.4 is 0 Å². The van der Waals surface area contributed by atoms with Gasteiger partial charge in [0.2, 0.25) is 0 Å². The molecule has 0 nitrogen and oxygen atoms in total. The molecule has 0 N–H and O–H groups in total. The minimum absolute atomic E-state index is 0.459. The number of rotatable bonds is 6. The first-order chi connectivity index (χ1) is 5.83. The quantitative estimate of drug-likeness (QED) is 0.517. The molecule has 0 heterocycles. The Bertz CT molecular complexity index is 151. The number of hydrogen-bond donors (Lipinski definition) is 0. The Morgan fingerprint density at radius 3 is 2.23 bits per heavy atom. The molecular formula is C13H26. The molecule has 0 radical (unpaired) electrons. The molecule has 0 amide bonds. The Kier molecular flexibility index (Phi) is 5.36. The zero-order chi connectivity index (χ0) is 10.5. The molecule has 0 aliphatic carbocycles. The first-order valence-electron chi connectivity index (χ1n) is 5.48. The fraction of sp³-hybridized carbons (Fsp3) is 0.846. The van der Waals surface area contributed by atoms with Crippen LogP contribution in [0.5, 0.6) is 0 Å². The summed E-state index contributed by atoms with van der Waals surface area (Å²) in [6.07, 6.45) is 5.22. The average molecular weight is 182 g/mol. The van der Waals surface area contributed by atoms with E-state index in [1.807, 2.05) is 0 Å². The van der Waals surface area contributed by atoms with Gasteiger partial charge in [-0.3, -0.25) is 0 Å². The largest absolute Gasteiger partial charge is 0.100 e. The molecule has 0 saturated heterocycles. The van der Waals surface area contributed by atoms with Gasteiger partial charge in [0.05, 0.1) is 0 Å². The molecule has 0 spiro atoms. The first-order valence-corrected chi connectivity index (χ1v) is 5.48. The third-order valence-electron chi connectivity index (χ3n) is 2.42. The Morgan fingerprint density at radius 2 is 1.85 bits per heavy atom. The molecule has 13 heavy (non-hydrogen) atoms. The summed E-state index contributed by atoms with van der Waals surface area (Å²) < 4.78 is 0. The number of allylic oxidation sites excluding steroid dienone is 1. The minimum Gasteiger partial charge on any atom is -0.100 e. The van der Waals surface area contributed by atoms with Crippen molar-refractivity contribution >= 4 is 0 Å². The van der Waals surface area contributed by atoms with Gasteiger partial charge in [-0.25, -0.2) is 0 Å². The summed E-state index contributed by atoms with van der Waals surface area (Å²) >= 11 is 0. The monoisotopic (exact) mass is 182 g/mol. The van der Waals surface area contributed by atoms with Crippen LogP contribution in [0.3, 0.4) is 0 Å². The van der Waals surface area contributed by atoms with Crippen LogP contribution in [0.15, 0.2) is 12.2 Å². The van der Waals surface area contributed by atoms with Gasteiger partial charge in [-0.2, -0.15) is 0 Å². The van der Waals surface area contributed by atoms with Crippen LogP contribution in [0.1, 0.15) is 60.3 Å². The summed E-state index contributed by atoms with van der Waals surface area (Å²) in [7, 11) is 0. The number of hydrogen-bond acceptors (Lipinski definition) is 0. The van der Waals surface area contributed by atoms with Crippen molar-refractivity contribution in [2.75, 3.05) is 0 Å². The predicted octanol–water partition coefficient (Wildman–Crippen LogP) is 4.81. The third kappa shape index (κ3) is 8.08. The summed E-state index contributed by atoms with van der Waals surface area (Å²) in [4.78, 5) is 0. The van der Waals surface area contributed by atoms with E-state index in [1.54, 1.807) is 0 Å². The fourth-order valence-electron chi connectivity index (χ4n) is 1.89. The molecule has 0 aromatic heterocycles. The van der Waals surface area contributed by atoms with Crippen molar-refractivity contribution in [3.05, 3.63) is 12.2 Å². The van der Waals surface area contributed by atoms with Gasteiger partial charge in [-0.05, 0) is 31.1 Å². The smallest absolute Gasteiger partial charge is 0.0274 e. The maximum Gasteiger partial charge on any atom is -0.0274 e. The van der Waals surface area contributed by atoms with Crippen molar-refractivity contribution in [1.29, 1.82) is 0 Å². The van der Waals surface area contributed by atoms with Crippen molar-refractivity contribution < 1.29 is 0 Å². The first kappa shape index (κ1) is 12.7. The van der Waals surface area contributed by atoms with Crippen LogP contribution in [0.4, 0.5) is 0 Å². The van der Waals surface area contributed by atoms with Crippen molar-refractivity contribution in [3.63, 3.8) is 0 Å². The van der Waals surface area contributed by atoms with E-state index in [4.69, 9.17) is 0 Å². The van der Waals surface area contributed by atoms with Crippen molar-refractivity contribution in [1.82, 2.24) is 0 Å². The Hall–Kier alpha value is -0.260. The molecule has 0 aliphatic heterocycles. The van der Waals surface area contributed by atoms with E-state index in [0.29, 0.717) is 5.41 Å². The van der Waals surface area contributed by atoms with E-state index in [-0.39, 0.29) is 0 Å². The van der Waals surface area contributed by atoms with E-state index in [1.165, 1.54) is 31.3 Å². The van der Waals surface area contributed by atoms with Crippen LogP contribution in [-0.2, 0) is 0 Å². The summed E-state index contributed by atoms with van der Waals surface area (Å²) in [5.41, 5.74) is 1.77. The molecule has 0 bridgehead atoms. The fourth-order valence-corrected chi connectivity index (χ4v) is 1.89. The highest BCUT2D eigenvalue weighted by Gasteiger charge is 2.17. The lowest BCUT2D eigenvalue weighted by molar-refractivity contribution is 0.310. The molecular weight excluding hydrogens is 156 g/mol. The van der Waals surface area contributed by atoms with Gasteiger partial charge in [0.1, 0.15) is 0 Å². The standard InChI is InChI=1S/C13H26/c1-11(2)8-7-9-13(5,6)10-12(3)4/h11H,3,7-10H2,1-2,4-6H3. The van der Waals surface area contributed by atoms with Crippen molar-refractivity contribution in [2.45, 2.75) is 60.3 Å². The van der Waals surface area contributed by atoms with Crippen molar-refractivity contribution in [2.24, 2.45) is 11.3 Å². The highest BCUT2D eigenvalue weighted by molar-refractivity contribution is 4.93. The van der Waals surface area contributed by atoms with Gasteiger partial charge in [-0.1, -0.05) is 46.1 Å². The van der Waals surface area contributed by atoms with Gasteiger partial charge in [-0.15, -0.1) is 6.58 Å². The Labute approximate surface area is 84.4 Å². The maximum atomic E-state index is 3.98. The van der Waals surface area contributed by atoms with Crippen LogP contribution in [0.25, 0.3) is 0 Å². The molecule has 0 heteroatoms. The molecule has 0 rings (SSSR count). The lowest BCUT2D eigenvalue weighted by atomic mass is 9.81. The maximum absolute atomic E-state index is 3.98. The van der Waals surface area contributed by atoms with E-state index in [2.05, 4.69) is 41.2 Å². The summed E-state index contributed by atoms with van der Waals surface area (Å²) in [6, 6.07) is 0. The Balaban J connectivity index is 3.69. The van der Waals surface area contributed by atoms with Crippen LogP contribution >= 0.6 is 0 Å². The molecule has 0 aromatic carbocycles. The van der Waals surface area contributed by atoms with Crippen LogP contribution in [-0.4, -0.2) is 0 Å². The molecule has 0 atom stereocenters. The molecule has 0 fully saturated rings.